The lowest BCUT2D eigenvalue weighted by Crippen LogP contribution is -2.15. The standard InChI is InChI=1S/C15H20N2/c1-2-3-4-5-10-16-12-14-8-6-7-13-9-11-17-15(13)14/h1,6-8,16-17H,3-5,9-12H2. The summed E-state index contributed by atoms with van der Waals surface area (Å²) in [6, 6.07) is 6.57. The van der Waals surface area contributed by atoms with Crippen molar-refractivity contribution in [1.29, 1.82) is 0 Å². The Labute approximate surface area is 104 Å². The molecule has 0 amide bonds. The van der Waals surface area contributed by atoms with E-state index in [1.165, 1.54) is 16.8 Å². The van der Waals surface area contributed by atoms with E-state index in [4.69, 9.17) is 6.42 Å². The van der Waals surface area contributed by atoms with E-state index in [1.54, 1.807) is 0 Å². The molecular formula is C15H20N2. The van der Waals surface area contributed by atoms with Crippen LogP contribution in [0.2, 0.25) is 0 Å². The third kappa shape index (κ3) is 3.25. The van der Waals surface area contributed by atoms with Crippen LogP contribution in [0.4, 0.5) is 5.69 Å². The van der Waals surface area contributed by atoms with Crippen molar-refractivity contribution in [3.8, 4) is 12.3 Å². The van der Waals surface area contributed by atoms with Gasteiger partial charge in [0.25, 0.3) is 0 Å². The van der Waals surface area contributed by atoms with Crippen molar-refractivity contribution in [2.45, 2.75) is 32.2 Å². The number of nitrogens with one attached hydrogen (secondary N) is 2. The van der Waals surface area contributed by atoms with E-state index in [0.717, 1.165) is 45.3 Å². The van der Waals surface area contributed by atoms with Crippen LogP contribution in [0.25, 0.3) is 0 Å². The summed E-state index contributed by atoms with van der Waals surface area (Å²) in [5, 5.41) is 6.95. The molecule has 1 aliphatic heterocycles. The number of anilines is 1. The van der Waals surface area contributed by atoms with Crippen LogP contribution in [0.15, 0.2) is 18.2 Å². The Morgan fingerprint density at radius 3 is 3.18 bits per heavy atom. The summed E-state index contributed by atoms with van der Waals surface area (Å²) < 4.78 is 0. The quantitative estimate of drug-likeness (QED) is 0.577. The number of terminal acetylenes is 1. The fourth-order valence-electron chi connectivity index (χ4n) is 2.26. The molecule has 0 saturated heterocycles. The molecule has 0 bridgehead atoms. The molecule has 0 atom stereocenters. The number of unbranched alkanes of at least 4 members (excludes halogenated alkanes) is 2. The average molecular weight is 228 g/mol. The second-order valence-corrected chi connectivity index (χ2v) is 4.47. The van der Waals surface area contributed by atoms with E-state index in [1.807, 2.05) is 0 Å². The van der Waals surface area contributed by atoms with Crippen LogP contribution in [0.3, 0.4) is 0 Å². The van der Waals surface area contributed by atoms with E-state index >= 15 is 0 Å². The minimum atomic E-state index is 0.893. The van der Waals surface area contributed by atoms with Crippen molar-refractivity contribution in [2.24, 2.45) is 0 Å². The Kier molecular flexibility index (Phi) is 4.46. The largest absolute Gasteiger partial charge is 0.384 e. The average Bonchev–Trinajstić information content (AvgIpc) is 2.82. The van der Waals surface area contributed by atoms with E-state index in [9.17, 15) is 0 Å². The maximum Gasteiger partial charge on any atom is 0.0419 e. The molecule has 1 heterocycles. The summed E-state index contributed by atoms with van der Waals surface area (Å²) in [5.41, 5.74) is 4.19. The fourth-order valence-corrected chi connectivity index (χ4v) is 2.26. The van der Waals surface area contributed by atoms with Crippen molar-refractivity contribution in [3.63, 3.8) is 0 Å². The molecule has 0 fully saturated rings. The van der Waals surface area contributed by atoms with Crippen molar-refractivity contribution >= 4 is 5.69 Å². The molecular weight excluding hydrogens is 208 g/mol. The van der Waals surface area contributed by atoms with Gasteiger partial charge in [-0.05, 0) is 36.9 Å². The monoisotopic (exact) mass is 228 g/mol. The Morgan fingerprint density at radius 1 is 1.35 bits per heavy atom. The van der Waals surface area contributed by atoms with E-state index in [2.05, 4.69) is 34.8 Å². The summed E-state index contributed by atoms with van der Waals surface area (Å²) in [6.07, 6.45) is 9.55. The minimum absolute atomic E-state index is 0.893. The lowest BCUT2D eigenvalue weighted by Gasteiger charge is -2.09. The molecule has 2 N–H and O–H groups in total. The highest BCUT2D eigenvalue weighted by Gasteiger charge is 2.12. The van der Waals surface area contributed by atoms with Gasteiger partial charge in [-0.2, -0.15) is 0 Å². The van der Waals surface area contributed by atoms with E-state index in [-0.39, 0.29) is 0 Å². The Bertz CT molecular complexity index is 404. The predicted molar refractivity (Wildman–Crippen MR) is 73.0 cm³/mol. The second-order valence-electron chi connectivity index (χ2n) is 4.47. The molecule has 0 aliphatic carbocycles. The zero-order chi connectivity index (χ0) is 11.9. The molecule has 2 rings (SSSR count). The van der Waals surface area contributed by atoms with Gasteiger partial charge in [0.05, 0.1) is 0 Å². The van der Waals surface area contributed by atoms with Gasteiger partial charge in [0.1, 0.15) is 0 Å². The number of hydrogen-bond donors (Lipinski definition) is 2. The molecule has 1 aromatic rings. The predicted octanol–water partition coefficient (Wildman–Crippen LogP) is 2.55. The summed E-state index contributed by atoms with van der Waals surface area (Å²) in [4.78, 5) is 0. The van der Waals surface area contributed by atoms with Crippen LogP contribution in [-0.2, 0) is 13.0 Å². The molecule has 0 spiro atoms. The SMILES string of the molecule is C#CCCCCNCc1cccc2c1NCC2. The number of para-hydroxylation sites is 1. The Hall–Kier alpha value is -1.46. The second kappa shape index (κ2) is 6.32. The van der Waals surface area contributed by atoms with Gasteiger partial charge in [-0.25, -0.2) is 0 Å². The van der Waals surface area contributed by atoms with Gasteiger partial charge < -0.3 is 10.6 Å². The topological polar surface area (TPSA) is 24.1 Å². The molecule has 0 radical (unpaired) electrons. The van der Waals surface area contributed by atoms with Gasteiger partial charge in [-0.15, -0.1) is 12.3 Å². The van der Waals surface area contributed by atoms with Crippen LogP contribution >= 0.6 is 0 Å². The third-order valence-corrected chi connectivity index (χ3v) is 3.17. The summed E-state index contributed by atoms with van der Waals surface area (Å²) >= 11 is 0. The third-order valence-electron chi connectivity index (χ3n) is 3.17. The van der Waals surface area contributed by atoms with Crippen LogP contribution in [0.5, 0.6) is 0 Å². The first-order chi connectivity index (χ1) is 8.42. The zero-order valence-corrected chi connectivity index (χ0v) is 10.3. The Balaban J connectivity index is 1.76. The first-order valence-corrected chi connectivity index (χ1v) is 6.40. The number of fused-ring (bicyclic) bond motifs is 1. The molecule has 1 aliphatic rings. The first kappa shape index (κ1) is 12.0. The molecule has 2 nitrogen and oxygen atoms in total. The van der Waals surface area contributed by atoms with Gasteiger partial charge in [0, 0.05) is 25.2 Å². The lowest BCUT2D eigenvalue weighted by atomic mass is 10.1. The Morgan fingerprint density at radius 2 is 2.29 bits per heavy atom. The molecule has 90 valence electrons. The zero-order valence-electron chi connectivity index (χ0n) is 10.3. The summed E-state index contributed by atoms with van der Waals surface area (Å²) in [5.74, 6) is 2.67. The molecule has 0 saturated carbocycles. The van der Waals surface area contributed by atoms with Crippen molar-refractivity contribution in [1.82, 2.24) is 5.32 Å². The molecule has 1 aromatic carbocycles. The smallest absolute Gasteiger partial charge is 0.0419 e. The number of benzene rings is 1. The highest BCUT2D eigenvalue weighted by atomic mass is 14.9. The van der Waals surface area contributed by atoms with Gasteiger partial charge in [0.2, 0.25) is 0 Å². The highest BCUT2D eigenvalue weighted by molar-refractivity contribution is 5.61. The summed E-state index contributed by atoms with van der Waals surface area (Å²) in [7, 11) is 0. The normalized spacial score (nSPS) is 12.9. The first-order valence-electron chi connectivity index (χ1n) is 6.40. The molecule has 0 unspecified atom stereocenters. The van der Waals surface area contributed by atoms with Gasteiger partial charge >= 0.3 is 0 Å². The molecule has 17 heavy (non-hydrogen) atoms. The van der Waals surface area contributed by atoms with Crippen molar-refractivity contribution in [2.75, 3.05) is 18.4 Å². The highest BCUT2D eigenvalue weighted by Crippen LogP contribution is 2.26. The minimum Gasteiger partial charge on any atom is -0.384 e. The van der Waals surface area contributed by atoms with E-state index in [0.29, 0.717) is 0 Å². The lowest BCUT2D eigenvalue weighted by molar-refractivity contribution is 0.630. The van der Waals surface area contributed by atoms with Crippen LogP contribution < -0.4 is 10.6 Å². The maximum absolute atomic E-state index is 5.22. The maximum atomic E-state index is 5.22. The molecule has 2 heteroatoms. The van der Waals surface area contributed by atoms with Crippen molar-refractivity contribution < 1.29 is 0 Å². The fraction of sp³-hybridized carbons (Fsp3) is 0.467. The summed E-state index contributed by atoms with van der Waals surface area (Å²) in [6.45, 7) is 3.08. The van der Waals surface area contributed by atoms with Crippen LogP contribution in [0, 0.1) is 12.3 Å². The number of rotatable bonds is 6. The van der Waals surface area contributed by atoms with Gasteiger partial charge in [-0.3, -0.25) is 0 Å². The van der Waals surface area contributed by atoms with Crippen LogP contribution in [-0.4, -0.2) is 13.1 Å². The van der Waals surface area contributed by atoms with Gasteiger partial charge in [-0.1, -0.05) is 18.2 Å². The van der Waals surface area contributed by atoms with Crippen LogP contribution in [0.1, 0.15) is 30.4 Å². The molecule has 0 aromatic heterocycles. The van der Waals surface area contributed by atoms with Gasteiger partial charge in [0.15, 0.2) is 0 Å². The van der Waals surface area contributed by atoms with E-state index < -0.39 is 0 Å². The number of hydrogen-bond acceptors (Lipinski definition) is 2. The van der Waals surface area contributed by atoms with Crippen molar-refractivity contribution in [3.05, 3.63) is 29.3 Å².